The fourth-order valence-corrected chi connectivity index (χ4v) is 2.54. The Hall–Kier alpha value is -3.02. The van der Waals surface area contributed by atoms with Crippen LogP contribution in [0.3, 0.4) is 0 Å². The van der Waals surface area contributed by atoms with Crippen molar-refractivity contribution in [1.29, 1.82) is 0 Å². The molecule has 3 rings (SSSR count). The van der Waals surface area contributed by atoms with Gasteiger partial charge in [0.15, 0.2) is 0 Å². The van der Waals surface area contributed by atoms with Gasteiger partial charge in [-0.3, -0.25) is 0 Å². The van der Waals surface area contributed by atoms with Crippen LogP contribution in [-0.4, -0.2) is 16.5 Å². The van der Waals surface area contributed by atoms with E-state index in [0.29, 0.717) is 30.4 Å². The van der Waals surface area contributed by atoms with Gasteiger partial charge in [0.1, 0.15) is 17.5 Å². The Labute approximate surface area is 151 Å². The molecule has 2 aromatic carbocycles. The molecule has 6 heteroatoms. The monoisotopic (exact) mass is 354 g/mol. The second-order valence-corrected chi connectivity index (χ2v) is 5.97. The maximum absolute atomic E-state index is 13.7. The summed E-state index contributed by atoms with van der Waals surface area (Å²) in [7, 11) is 0. The third-order valence-corrected chi connectivity index (χ3v) is 3.88. The third kappa shape index (κ3) is 4.99. The summed E-state index contributed by atoms with van der Waals surface area (Å²) < 4.78 is 26.6. The smallest absolute Gasteiger partial charge is 0.225 e. The van der Waals surface area contributed by atoms with Crippen LogP contribution in [-0.2, 0) is 13.0 Å². The Bertz CT molecular complexity index is 866. The molecule has 0 saturated carbocycles. The van der Waals surface area contributed by atoms with Crippen molar-refractivity contribution in [3.63, 3.8) is 0 Å². The lowest BCUT2D eigenvalue weighted by Crippen LogP contribution is -2.10. The highest BCUT2D eigenvalue weighted by Crippen LogP contribution is 2.13. The molecule has 0 aliphatic heterocycles. The van der Waals surface area contributed by atoms with E-state index >= 15 is 0 Å². The second-order valence-electron chi connectivity index (χ2n) is 5.97. The van der Waals surface area contributed by atoms with Crippen LogP contribution in [0.1, 0.15) is 16.8 Å². The molecule has 0 aliphatic carbocycles. The van der Waals surface area contributed by atoms with Crippen molar-refractivity contribution in [1.82, 2.24) is 9.97 Å². The first-order chi connectivity index (χ1) is 12.6. The van der Waals surface area contributed by atoms with Gasteiger partial charge in [0.25, 0.3) is 0 Å². The number of rotatable bonds is 7. The number of anilines is 2. The van der Waals surface area contributed by atoms with Crippen LogP contribution in [0.15, 0.2) is 54.6 Å². The highest BCUT2D eigenvalue weighted by Gasteiger charge is 2.05. The average molecular weight is 354 g/mol. The first kappa shape index (κ1) is 17.8. The summed E-state index contributed by atoms with van der Waals surface area (Å²) in [6.45, 7) is 2.85. The number of nitrogens with zero attached hydrogens (tertiary/aromatic N) is 2. The molecule has 1 heterocycles. The zero-order valence-electron chi connectivity index (χ0n) is 14.5. The number of nitrogens with one attached hydrogen (secondary N) is 2. The van der Waals surface area contributed by atoms with Crippen molar-refractivity contribution in [2.24, 2.45) is 0 Å². The molecule has 4 nitrogen and oxygen atoms in total. The quantitative estimate of drug-likeness (QED) is 0.663. The summed E-state index contributed by atoms with van der Waals surface area (Å²) in [6.07, 6.45) is 0.751. The Kier molecular flexibility index (Phi) is 5.73. The van der Waals surface area contributed by atoms with Crippen molar-refractivity contribution in [3.8, 4) is 0 Å². The Morgan fingerprint density at radius 1 is 0.923 bits per heavy atom. The lowest BCUT2D eigenvalue weighted by Gasteiger charge is -2.10. The van der Waals surface area contributed by atoms with Crippen molar-refractivity contribution >= 4 is 11.8 Å². The van der Waals surface area contributed by atoms with Gasteiger partial charge in [0.2, 0.25) is 5.95 Å². The average Bonchev–Trinajstić information content (AvgIpc) is 2.62. The fraction of sp³-hybridized carbons (Fsp3) is 0.200. The number of aryl methyl sites for hydroxylation is 1. The molecule has 0 aliphatic rings. The van der Waals surface area contributed by atoms with E-state index in [4.69, 9.17) is 0 Å². The summed E-state index contributed by atoms with van der Waals surface area (Å²) in [4.78, 5) is 8.74. The van der Waals surface area contributed by atoms with E-state index in [2.05, 4.69) is 20.6 Å². The summed E-state index contributed by atoms with van der Waals surface area (Å²) in [5, 5.41) is 6.29. The van der Waals surface area contributed by atoms with Crippen LogP contribution in [0.2, 0.25) is 0 Å². The van der Waals surface area contributed by atoms with E-state index in [0.717, 1.165) is 17.7 Å². The summed E-state index contributed by atoms with van der Waals surface area (Å²) in [5.41, 5.74) is 2.41. The molecule has 2 N–H and O–H groups in total. The molecule has 0 spiro atoms. The van der Waals surface area contributed by atoms with Crippen LogP contribution in [0.4, 0.5) is 20.5 Å². The number of aromatic nitrogens is 2. The van der Waals surface area contributed by atoms with Gasteiger partial charge in [0, 0.05) is 30.4 Å². The lowest BCUT2D eigenvalue weighted by atomic mass is 10.1. The molecular weight excluding hydrogens is 334 g/mol. The molecule has 26 heavy (non-hydrogen) atoms. The van der Waals surface area contributed by atoms with Crippen LogP contribution in [0.5, 0.6) is 0 Å². The molecule has 0 amide bonds. The highest BCUT2D eigenvalue weighted by molar-refractivity contribution is 5.42. The van der Waals surface area contributed by atoms with Crippen LogP contribution in [0, 0.1) is 18.6 Å². The normalized spacial score (nSPS) is 10.6. The molecule has 0 atom stereocenters. The van der Waals surface area contributed by atoms with Gasteiger partial charge in [-0.2, -0.15) is 4.98 Å². The second kappa shape index (κ2) is 8.38. The van der Waals surface area contributed by atoms with Gasteiger partial charge in [-0.1, -0.05) is 30.3 Å². The predicted octanol–water partition coefficient (Wildman–Crippen LogP) is 4.33. The van der Waals surface area contributed by atoms with Crippen molar-refractivity contribution in [2.45, 2.75) is 19.9 Å². The molecule has 0 radical (unpaired) electrons. The Morgan fingerprint density at radius 3 is 2.46 bits per heavy atom. The van der Waals surface area contributed by atoms with Gasteiger partial charge in [-0.25, -0.2) is 13.8 Å². The van der Waals surface area contributed by atoms with Gasteiger partial charge in [-0.15, -0.1) is 0 Å². The van der Waals surface area contributed by atoms with E-state index in [1.54, 1.807) is 30.3 Å². The van der Waals surface area contributed by atoms with Crippen LogP contribution >= 0.6 is 0 Å². The van der Waals surface area contributed by atoms with Gasteiger partial charge in [-0.05, 0) is 37.1 Å². The van der Waals surface area contributed by atoms with E-state index in [9.17, 15) is 8.78 Å². The van der Waals surface area contributed by atoms with Crippen molar-refractivity contribution in [3.05, 3.63) is 83.1 Å². The topological polar surface area (TPSA) is 49.8 Å². The van der Waals surface area contributed by atoms with Gasteiger partial charge < -0.3 is 10.6 Å². The molecule has 0 saturated heterocycles. The number of hydrogen-bond acceptors (Lipinski definition) is 4. The fourth-order valence-electron chi connectivity index (χ4n) is 2.54. The summed E-state index contributed by atoms with van der Waals surface area (Å²) in [5.74, 6) is 0.636. The first-order valence-corrected chi connectivity index (χ1v) is 8.41. The van der Waals surface area contributed by atoms with E-state index in [1.165, 1.54) is 18.2 Å². The maximum atomic E-state index is 13.7. The molecule has 3 aromatic rings. The zero-order chi connectivity index (χ0) is 18.4. The zero-order valence-corrected chi connectivity index (χ0v) is 14.5. The largest absolute Gasteiger partial charge is 0.370 e. The van der Waals surface area contributed by atoms with Crippen LogP contribution in [0.25, 0.3) is 0 Å². The molecule has 0 bridgehead atoms. The highest BCUT2D eigenvalue weighted by atomic mass is 19.1. The van der Waals surface area contributed by atoms with E-state index in [-0.39, 0.29) is 11.6 Å². The summed E-state index contributed by atoms with van der Waals surface area (Å²) >= 11 is 0. The van der Waals surface area contributed by atoms with Gasteiger partial charge in [0.05, 0.1) is 0 Å². The van der Waals surface area contributed by atoms with Crippen LogP contribution < -0.4 is 10.6 Å². The minimum absolute atomic E-state index is 0.237. The Morgan fingerprint density at radius 2 is 1.69 bits per heavy atom. The predicted molar refractivity (Wildman–Crippen MR) is 99.1 cm³/mol. The molecular formula is C20H20F2N4. The van der Waals surface area contributed by atoms with E-state index < -0.39 is 0 Å². The van der Waals surface area contributed by atoms with Crippen molar-refractivity contribution in [2.75, 3.05) is 17.2 Å². The third-order valence-electron chi connectivity index (χ3n) is 3.88. The van der Waals surface area contributed by atoms with Crippen molar-refractivity contribution < 1.29 is 8.78 Å². The van der Waals surface area contributed by atoms with Gasteiger partial charge >= 0.3 is 0 Å². The standard InChI is InChI=1S/C20H20F2N4/c1-14-12-19(23-11-10-15-6-8-17(21)9-7-15)26-20(25-14)24-13-16-4-2-3-5-18(16)22/h2-9,12H,10-11,13H2,1H3,(H2,23,24,25,26). The molecule has 134 valence electrons. The maximum Gasteiger partial charge on any atom is 0.225 e. The molecule has 0 unspecified atom stereocenters. The molecule has 1 aromatic heterocycles. The lowest BCUT2D eigenvalue weighted by molar-refractivity contribution is 0.612. The SMILES string of the molecule is Cc1cc(NCCc2ccc(F)cc2)nc(NCc2ccccc2F)n1. The Balaban J connectivity index is 1.58. The summed E-state index contributed by atoms with van der Waals surface area (Å²) in [6, 6.07) is 14.9. The minimum Gasteiger partial charge on any atom is -0.370 e. The minimum atomic E-state index is -0.259. The number of halogens is 2. The van der Waals surface area contributed by atoms with E-state index in [1.807, 2.05) is 13.0 Å². The number of benzene rings is 2. The first-order valence-electron chi connectivity index (χ1n) is 8.41. The number of hydrogen-bond donors (Lipinski definition) is 2. The molecule has 0 fully saturated rings.